The van der Waals surface area contributed by atoms with E-state index in [2.05, 4.69) is 66.3 Å². The summed E-state index contributed by atoms with van der Waals surface area (Å²) in [4.78, 5) is 1.27. The zero-order chi connectivity index (χ0) is 20.4. The Morgan fingerprint density at radius 3 is 2.48 bits per heavy atom. The van der Waals surface area contributed by atoms with E-state index in [1.165, 1.54) is 59.3 Å². The van der Waals surface area contributed by atoms with Crippen molar-refractivity contribution in [3.63, 3.8) is 0 Å². The van der Waals surface area contributed by atoms with Crippen molar-refractivity contribution < 1.29 is 0 Å². The van der Waals surface area contributed by atoms with E-state index in [1.807, 2.05) is 0 Å². The molecule has 0 fully saturated rings. The van der Waals surface area contributed by atoms with Crippen molar-refractivity contribution in [2.75, 3.05) is 0 Å². The third-order valence-corrected chi connectivity index (χ3v) is 5.94. The van der Waals surface area contributed by atoms with Crippen LogP contribution >= 0.6 is 12.6 Å². The van der Waals surface area contributed by atoms with Crippen LogP contribution in [0.2, 0.25) is 0 Å². The number of unbranched alkanes of at least 4 members (excludes halogenated alkanes) is 2. The molecule has 0 aromatic rings. The number of thiol groups is 1. The van der Waals surface area contributed by atoms with Crippen molar-refractivity contribution in [3.8, 4) is 0 Å². The molecule has 0 heterocycles. The summed E-state index contributed by atoms with van der Waals surface area (Å²) < 4.78 is 0. The molecule has 0 saturated carbocycles. The highest BCUT2D eigenvalue weighted by atomic mass is 32.1. The van der Waals surface area contributed by atoms with E-state index >= 15 is 0 Å². The summed E-state index contributed by atoms with van der Waals surface area (Å²) in [6.07, 6.45) is 16.6. The predicted molar refractivity (Wildman–Crippen MR) is 127 cm³/mol. The lowest BCUT2D eigenvalue weighted by molar-refractivity contribution is 0.494. The molecule has 0 aliphatic heterocycles. The molecule has 0 N–H and O–H groups in total. The highest BCUT2D eigenvalue weighted by Crippen LogP contribution is 2.42. The average Bonchev–Trinajstić information content (AvgIpc) is 2.57. The van der Waals surface area contributed by atoms with Crippen LogP contribution in [-0.2, 0) is 0 Å². The Balaban J connectivity index is 2.90. The summed E-state index contributed by atoms with van der Waals surface area (Å²) in [7, 11) is 0. The van der Waals surface area contributed by atoms with Gasteiger partial charge in [0.25, 0.3) is 0 Å². The van der Waals surface area contributed by atoms with Gasteiger partial charge in [-0.3, -0.25) is 0 Å². The van der Waals surface area contributed by atoms with Gasteiger partial charge in [0.05, 0.1) is 0 Å². The van der Waals surface area contributed by atoms with E-state index in [0.717, 1.165) is 19.3 Å². The van der Waals surface area contributed by atoms with Crippen molar-refractivity contribution in [1.82, 2.24) is 0 Å². The van der Waals surface area contributed by atoms with Crippen LogP contribution in [-0.4, -0.2) is 0 Å². The Labute approximate surface area is 175 Å². The van der Waals surface area contributed by atoms with Crippen LogP contribution in [0.15, 0.2) is 57.6 Å². The second-order valence-corrected chi connectivity index (χ2v) is 9.30. The Morgan fingerprint density at radius 1 is 1.19 bits per heavy atom. The molecule has 0 radical (unpaired) electrons. The number of allylic oxidation sites excluding steroid dienone is 9. The van der Waals surface area contributed by atoms with Crippen molar-refractivity contribution in [2.24, 2.45) is 11.8 Å². The van der Waals surface area contributed by atoms with Gasteiger partial charge in [-0.25, -0.2) is 0 Å². The van der Waals surface area contributed by atoms with Crippen molar-refractivity contribution in [2.45, 2.75) is 92.9 Å². The third kappa shape index (κ3) is 8.73. The first kappa shape index (κ1) is 24.1. The summed E-state index contributed by atoms with van der Waals surface area (Å²) in [6.45, 7) is 17.9. The summed E-state index contributed by atoms with van der Waals surface area (Å²) in [5.74, 6) is 1.17. The molecule has 1 aliphatic rings. The maximum Gasteiger partial charge on any atom is 0.0114 e. The quantitative estimate of drug-likeness (QED) is 0.204. The van der Waals surface area contributed by atoms with Crippen LogP contribution in [0.1, 0.15) is 92.9 Å². The Hall–Kier alpha value is -0.950. The van der Waals surface area contributed by atoms with E-state index in [0.29, 0.717) is 11.8 Å². The zero-order valence-corrected chi connectivity index (χ0v) is 19.6. The highest BCUT2D eigenvalue weighted by molar-refractivity contribution is 7.84. The molecular weight excluding hydrogens is 344 g/mol. The summed E-state index contributed by atoms with van der Waals surface area (Å²) in [5.41, 5.74) is 6.96. The van der Waals surface area contributed by atoms with E-state index < -0.39 is 0 Å². The standard InChI is InChI=1S/C26H42S/c1-8-9-10-14-23-18-22(7)24(26(27)25(23)17-20(4)5)16-15-21(6)13-11-12-19(2)3/h12,15,18,20,25,27H,7-11,13-14,16-17H2,1-6H3/b21-15+. The number of hydrogen-bond acceptors (Lipinski definition) is 1. The molecule has 0 spiro atoms. The Kier molecular flexibility index (Phi) is 11.1. The maximum atomic E-state index is 5.03. The minimum atomic E-state index is 0.491. The summed E-state index contributed by atoms with van der Waals surface area (Å²) in [5, 5.41) is 0. The van der Waals surface area contributed by atoms with Crippen LogP contribution < -0.4 is 0 Å². The fraction of sp³-hybridized carbons (Fsp3) is 0.615. The second kappa shape index (κ2) is 12.5. The molecule has 27 heavy (non-hydrogen) atoms. The van der Waals surface area contributed by atoms with Crippen LogP contribution in [0.3, 0.4) is 0 Å². The molecule has 0 aromatic carbocycles. The van der Waals surface area contributed by atoms with Crippen molar-refractivity contribution in [1.29, 1.82) is 0 Å². The molecular formula is C26H42S. The topological polar surface area (TPSA) is 0 Å². The molecule has 1 atom stereocenters. The van der Waals surface area contributed by atoms with Gasteiger partial charge < -0.3 is 0 Å². The summed E-state index contributed by atoms with van der Waals surface area (Å²) >= 11 is 5.03. The van der Waals surface area contributed by atoms with Gasteiger partial charge in [0, 0.05) is 5.92 Å². The molecule has 1 unspecified atom stereocenters. The first-order valence-electron chi connectivity index (χ1n) is 10.9. The molecule has 0 saturated heterocycles. The van der Waals surface area contributed by atoms with Crippen LogP contribution in [0.4, 0.5) is 0 Å². The smallest absolute Gasteiger partial charge is 0.0114 e. The van der Waals surface area contributed by atoms with E-state index in [4.69, 9.17) is 12.6 Å². The lowest BCUT2D eigenvalue weighted by Gasteiger charge is -2.30. The molecule has 0 amide bonds. The number of rotatable bonds is 11. The van der Waals surface area contributed by atoms with Gasteiger partial charge >= 0.3 is 0 Å². The van der Waals surface area contributed by atoms with Crippen LogP contribution in [0.25, 0.3) is 0 Å². The van der Waals surface area contributed by atoms with Crippen LogP contribution in [0, 0.1) is 11.8 Å². The predicted octanol–water partition coefficient (Wildman–Crippen LogP) is 8.99. The van der Waals surface area contributed by atoms with Gasteiger partial charge in [-0.15, -0.1) is 12.6 Å². The molecule has 1 heteroatoms. The van der Waals surface area contributed by atoms with Crippen molar-refractivity contribution >= 4 is 12.6 Å². The average molecular weight is 387 g/mol. The largest absolute Gasteiger partial charge is 0.147 e. The normalized spacial score (nSPS) is 18.2. The van der Waals surface area contributed by atoms with Gasteiger partial charge in [-0.2, -0.15) is 0 Å². The first-order chi connectivity index (χ1) is 12.8. The lowest BCUT2D eigenvalue weighted by Crippen LogP contribution is -2.15. The molecule has 1 rings (SSSR count). The lowest BCUT2D eigenvalue weighted by atomic mass is 9.79. The summed E-state index contributed by atoms with van der Waals surface area (Å²) in [6, 6.07) is 0. The van der Waals surface area contributed by atoms with E-state index in [9.17, 15) is 0 Å². The third-order valence-electron chi connectivity index (χ3n) is 5.36. The molecule has 0 bridgehead atoms. The monoisotopic (exact) mass is 386 g/mol. The van der Waals surface area contributed by atoms with E-state index in [1.54, 1.807) is 5.57 Å². The molecule has 152 valence electrons. The fourth-order valence-corrected chi connectivity index (χ4v) is 4.23. The fourth-order valence-electron chi connectivity index (χ4n) is 3.72. The van der Waals surface area contributed by atoms with Crippen LogP contribution in [0.5, 0.6) is 0 Å². The van der Waals surface area contributed by atoms with E-state index in [-0.39, 0.29) is 0 Å². The SMILES string of the molecule is C=C1C=C(CCCCC)C(CC(C)C)C(S)=C1C/C=C(\C)CCC=C(C)C. The first-order valence-corrected chi connectivity index (χ1v) is 11.3. The Bertz CT molecular complexity index is 606. The molecule has 0 aromatic heterocycles. The Morgan fingerprint density at radius 2 is 1.89 bits per heavy atom. The minimum Gasteiger partial charge on any atom is -0.147 e. The van der Waals surface area contributed by atoms with Gasteiger partial charge in [-0.05, 0) is 81.3 Å². The van der Waals surface area contributed by atoms with Gasteiger partial charge in [0.2, 0.25) is 0 Å². The highest BCUT2D eigenvalue weighted by Gasteiger charge is 2.25. The van der Waals surface area contributed by atoms with Gasteiger partial charge in [-0.1, -0.05) is 75.1 Å². The second-order valence-electron chi connectivity index (χ2n) is 8.82. The van der Waals surface area contributed by atoms with Gasteiger partial charge in [0.15, 0.2) is 0 Å². The zero-order valence-electron chi connectivity index (χ0n) is 18.7. The minimum absolute atomic E-state index is 0.491. The molecule has 0 nitrogen and oxygen atoms in total. The van der Waals surface area contributed by atoms with Crippen molar-refractivity contribution in [3.05, 3.63) is 57.6 Å². The number of hydrogen-bond donors (Lipinski definition) is 1. The maximum absolute atomic E-state index is 5.03. The molecule has 1 aliphatic carbocycles. The van der Waals surface area contributed by atoms with Gasteiger partial charge in [0.1, 0.15) is 0 Å².